The summed E-state index contributed by atoms with van der Waals surface area (Å²) in [5, 5.41) is 10.3. The van der Waals surface area contributed by atoms with Gasteiger partial charge in [-0.3, -0.25) is 0 Å². The van der Waals surface area contributed by atoms with Gasteiger partial charge in [0.15, 0.2) is 0 Å². The first-order valence-corrected chi connectivity index (χ1v) is 20.2. The summed E-state index contributed by atoms with van der Waals surface area (Å²) in [6, 6.07) is 0. The van der Waals surface area contributed by atoms with Gasteiger partial charge in [-0.25, -0.2) is 0 Å². The maximum atomic E-state index is 10.3. The summed E-state index contributed by atoms with van der Waals surface area (Å²) in [5.74, 6) is -0.0683. The van der Waals surface area contributed by atoms with E-state index in [1.165, 1.54) is 192 Å². The lowest BCUT2D eigenvalue weighted by Gasteiger charge is -2.20. The Morgan fingerprint density at radius 3 is 0.925 bits per heavy atom. The van der Waals surface area contributed by atoms with E-state index in [2.05, 4.69) is 38.2 Å². The van der Waals surface area contributed by atoms with Crippen molar-refractivity contribution in [3.63, 3.8) is 0 Å². The second-order valence-electron chi connectivity index (χ2n) is 12.5. The molecule has 1 N–H and O–H groups in total. The third kappa shape index (κ3) is 32.4. The fourth-order valence-electron chi connectivity index (χ4n) is 5.61. The molecule has 0 saturated carbocycles. The SMILES string of the molecule is CCCCCCCC/C=C\CCCCCCCCP(CCCCCCCC/C=C\CCCCCCCC)C(C)O. The third-order valence-electron chi connectivity index (χ3n) is 8.44. The summed E-state index contributed by atoms with van der Waals surface area (Å²) >= 11 is 0. The molecule has 0 radical (unpaired) electrons. The van der Waals surface area contributed by atoms with E-state index in [0.29, 0.717) is 0 Å². The molecule has 0 spiro atoms. The van der Waals surface area contributed by atoms with Gasteiger partial charge in [-0.2, -0.15) is 0 Å². The van der Waals surface area contributed by atoms with Crippen LogP contribution in [0.5, 0.6) is 0 Å². The Bertz CT molecular complexity index is 470. The first-order chi connectivity index (χ1) is 19.7. The predicted octanol–water partition coefficient (Wildman–Crippen LogP) is 13.9. The monoisotopic (exact) mass is 579 g/mol. The van der Waals surface area contributed by atoms with Gasteiger partial charge in [0, 0.05) is 0 Å². The van der Waals surface area contributed by atoms with E-state index in [0.717, 1.165) is 0 Å². The molecular formula is C38H75OP. The van der Waals surface area contributed by atoms with Gasteiger partial charge >= 0.3 is 0 Å². The molecule has 0 aliphatic rings. The van der Waals surface area contributed by atoms with E-state index in [9.17, 15) is 5.11 Å². The minimum absolute atomic E-state index is 0.0683. The van der Waals surface area contributed by atoms with E-state index in [-0.39, 0.29) is 13.8 Å². The summed E-state index contributed by atoms with van der Waals surface area (Å²) in [5.41, 5.74) is 0. The van der Waals surface area contributed by atoms with Crippen LogP contribution in [0, 0.1) is 0 Å². The second kappa shape index (κ2) is 35.1. The highest BCUT2D eigenvalue weighted by Crippen LogP contribution is 2.42. The van der Waals surface area contributed by atoms with Gasteiger partial charge in [0.05, 0.1) is 5.85 Å². The molecule has 0 aliphatic carbocycles. The normalized spacial score (nSPS) is 12.9. The van der Waals surface area contributed by atoms with Gasteiger partial charge in [-0.05, 0) is 83.5 Å². The van der Waals surface area contributed by atoms with Crippen molar-refractivity contribution in [1.82, 2.24) is 0 Å². The summed E-state index contributed by atoms with van der Waals surface area (Å²) in [7, 11) is -0.168. The van der Waals surface area contributed by atoms with Crippen LogP contribution in [0.15, 0.2) is 24.3 Å². The molecule has 0 heterocycles. The molecule has 0 aliphatic heterocycles. The second-order valence-corrected chi connectivity index (χ2v) is 15.4. The van der Waals surface area contributed by atoms with Gasteiger partial charge in [0.2, 0.25) is 0 Å². The average molecular weight is 579 g/mol. The van der Waals surface area contributed by atoms with Gasteiger partial charge in [-0.15, -0.1) is 0 Å². The molecular weight excluding hydrogens is 503 g/mol. The fourth-order valence-corrected chi connectivity index (χ4v) is 7.84. The number of allylic oxidation sites excluding steroid dienone is 4. The molecule has 2 heteroatoms. The van der Waals surface area contributed by atoms with E-state index < -0.39 is 0 Å². The molecule has 1 unspecified atom stereocenters. The average Bonchev–Trinajstić information content (AvgIpc) is 2.95. The Balaban J connectivity index is 3.46. The molecule has 0 aromatic heterocycles. The minimum Gasteiger partial charge on any atom is -0.389 e. The van der Waals surface area contributed by atoms with E-state index in [1.54, 1.807) is 0 Å². The lowest BCUT2D eigenvalue weighted by atomic mass is 10.1. The standard InChI is InChI=1S/C38H75OP/c1-4-6-8-10-12-14-16-18-20-22-24-26-28-30-32-34-36-40(38(3)39)37-35-33-31-29-27-25-23-21-19-17-15-13-11-9-7-5-2/h18-21,38-39H,4-17,22-37H2,1-3H3/b20-18-,21-19-. The quantitative estimate of drug-likeness (QED) is 0.0466. The van der Waals surface area contributed by atoms with E-state index >= 15 is 0 Å². The smallest absolute Gasteiger partial charge is 0.0702 e. The zero-order valence-corrected chi connectivity index (χ0v) is 28.9. The molecule has 0 aromatic carbocycles. The van der Waals surface area contributed by atoms with Crippen LogP contribution in [0.4, 0.5) is 0 Å². The first-order valence-electron chi connectivity index (χ1n) is 18.4. The Morgan fingerprint density at radius 2 is 0.650 bits per heavy atom. The number of aliphatic hydroxyl groups is 1. The highest BCUT2D eigenvalue weighted by atomic mass is 31.1. The van der Waals surface area contributed by atoms with E-state index in [1.807, 2.05) is 6.92 Å². The summed E-state index contributed by atoms with van der Waals surface area (Å²) < 4.78 is 0. The van der Waals surface area contributed by atoms with Crippen molar-refractivity contribution in [2.24, 2.45) is 0 Å². The molecule has 1 nitrogen and oxygen atoms in total. The molecule has 1 atom stereocenters. The number of unbranched alkanes of at least 4 members (excludes halogenated alkanes) is 24. The summed E-state index contributed by atoms with van der Waals surface area (Å²) in [6.07, 6.45) is 50.7. The van der Waals surface area contributed by atoms with Crippen LogP contribution >= 0.6 is 7.92 Å². The molecule has 0 rings (SSSR count). The maximum absolute atomic E-state index is 10.3. The first kappa shape index (κ1) is 39.9. The predicted molar refractivity (Wildman–Crippen MR) is 187 cm³/mol. The van der Waals surface area contributed by atoms with Crippen LogP contribution in [0.2, 0.25) is 0 Å². The molecule has 0 saturated heterocycles. The van der Waals surface area contributed by atoms with Gasteiger partial charge in [-0.1, -0.05) is 162 Å². The van der Waals surface area contributed by atoms with Crippen molar-refractivity contribution in [2.75, 3.05) is 12.3 Å². The Kier molecular flexibility index (Phi) is 35.0. The molecule has 0 amide bonds. The van der Waals surface area contributed by atoms with Crippen LogP contribution in [0.3, 0.4) is 0 Å². The third-order valence-corrected chi connectivity index (χ3v) is 11.3. The van der Waals surface area contributed by atoms with Crippen LogP contribution in [-0.4, -0.2) is 23.3 Å². The number of aliphatic hydroxyl groups excluding tert-OH is 1. The number of hydrogen-bond donors (Lipinski definition) is 1. The highest BCUT2D eigenvalue weighted by Gasteiger charge is 2.13. The molecule has 0 bridgehead atoms. The Labute approximate surface area is 255 Å². The van der Waals surface area contributed by atoms with Crippen molar-refractivity contribution < 1.29 is 5.11 Å². The van der Waals surface area contributed by atoms with Gasteiger partial charge in [0.1, 0.15) is 0 Å². The number of rotatable bonds is 33. The zero-order chi connectivity index (χ0) is 29.2. The maximum Gasteiger partial charge on any atom is 0.0702 e. The topological polar surface area (TPSA) is 20.2 Å². The van der Waals surface area contributed by atoms with Crippen molar-refractivity contribution in [3.8, 4) is 0 Å². The fraction of sp³-hybridized carbons (Fsp3) is 0.895. The van der Waals surface area contributed by atoms with Crippen molar-refractivity contribution >= 4 is 7.92 Å². The van der Waals surface area contributed by atoms with Crippen molar-refractivity contribution in [1.29, 1.82) is 0 Å². The van der Waals surface area contributed by atoms with Gasteiger partial charge < -0.3 is 5.11 Å². The van der Waals surface area contributed by atoms with Crippen LogP contribution in [-0.2, 0) is 0 Å². The largest absolute Gasteiger partial charge is 0.389 e. The molecule has 40 heavy (non-hydrogen) atoms. The lowest BCUT2D eigenvalue weighted by Crippen LogP contribution is -2.04. The van der Waals surface area contributed by atoms with Crippen LogP contribution in [0.25, 0.3) is 0 Å². The molecule has 0 aromatic rings. The Hall–Kier alpha value is -0.130. The summed E-state index contributed by atoms with van der Waals surface area (Å²) in [6.45, 7) is 6.63. The summed E-state index contributed by atoms with van der Waals surface area (Å²) in [4.78, 5) is 0. The highest BCUT2D eigenvalue weighted by molar-refractivity contribution is 7.58. The number of hydrogen-bond acceptors (Lipinski definition) is 1. The van der Waals surface area contributed by atoms with Crippen LogP contribution in [0.1, 0.15) is 201 Å². The van der Waals surface area contributed by atoms with Crippen LogP contribution < -0.4 is 0 Å². The zero-order valence-electron chi connectivity index (χ0n) is 28.0. The van der Waals surface area contributed by atoms with E-state index in [4.69, 9.17) is 0 Å². The molecule has 238 valence electrons. The van der Waals surface area contributed by atoms with Crippen molar-refractivity contribution in [3.05, 3.63) is 24.3 Å². The molecule has 0 fully saturated rings. The lowest BCUT2D eigenvalue weighted by molar-refractivity contribution is 0.277. The van der Waals surface area contributed by atoms with Gasteiger partial charge in [0.25, 0.3) is 0 Å². The minimum atomic E-state index is -0.168. The Morgan fingerprint density at radius 1 is 0.400 bits per heavy atom. The van der Waals surface area contributed by atoms with Crippen molar-refractivity contribution in [2.45, 2.75) is 206 Å².